The molecule has 12 heteroatoms. The second-order valence-electron chi connectivity index (χ2n) is 11.5. The normalized spacial score (nSPS) is 20.4. The molecule has 236 valence electrons. The lowest BCUT2D eigenvalue weighted by Crippen LogP contribution is -2.60. The molecule has 1 saturated carbocycles. The number of ether oxygens (including phenoxy) is 1. The number of carboxylic acid groups (broad SMARTS) is 1. The van der Waals surface area contributed by atoms with Gasteiger partial charge >= 0.3 is 5.97 Å². The molecule has 0 spiro atoms. The highest BCUT2D eigenvalue weighted by molar-refractivity contribution is 7.89. The summed E-state index contributed by atoms with van der Waals surface area (Å²) in [6.07, 6.45) is 6.16. The highest BCUT2D eigenvalue weighted by atomic mass is 32.2. The third-order valence-electron chi connectivity index (χ3n) is 8.69. The zero-order chi connectivity index (χ0) is 30.1. The molecule has 4 heterocycles. The van der Waals surface area contributed by atoms with Crippen molar-refractivity contribution < 1.29 is 27.9 Å². The van der Waals surface area contributed by atoms with Crippen molar-refractivity contribution in [3.63, 3.8) is 0 Å². The molecule has 0 bridgehead atoms. The minimum absolute atomic E-state index is 0. The fourth-order valence-electron chi connectivity index (χ4n) is 6.37. The number of carboxylic acids is 1. The quantitative estimate of drug-likeness (QED) is 0.371. The van der Waals surface area contributed by atoms with Crippen LogP contribution in [0.15, 0.2) is 53.6 Å². The van der Waals surface area contributed by atoms with Gasteiger partial charge in [0, 0.05) is 30.7 Å². The minimum atomic E-state index is -4.02. The number of thiophene rings is 1. The second-order valence-corrected chi connectivity index (χ2v) is 14.5. The number of carbonyl (C=O) groups is 2. The highest BCUT2D eigenvalue weighted by Crippen LogP contribution is 2.42. The Morgan fingerprint density at radius 2 is 1.75 bits per heavy atom. The van der Waals surface area contributed by atoms with Crippen molar-refractivity contribution in [1.29, 1.82) is 0 Å². The molecule has 1 amide bonds. The summed E-state index contributed by atoms with van der Waals surface area (Å²) in [4.78, 5) is 35.4. The summed E-state index contributed by atoms with van der Waals surface area (Å²) in [7, 11) is -4.02. The van der Waals surface area contributed by atoms with Gasteiger partial charge in [0.1, 0.15) is 15.6 Å². The number of benzene rings is 1. The largest absolute Gasteiger partial charge is 0.477 e. The molecule has 44 heavy (non-hydrogen) atoms. The number of anilines is 2. The van der Waals surface area contributed by atoms with Crippen LogP contribution in [0.2, 0.25) is 0 Å². The predicted octanol–water partition coefficient (Wildman–Crippen LogP) is 5.28. The van der Waals surface area contributed by atoms with Crippen molar-refractivity contribution in [3.8, 4) is 10.4 Å². The zero-order valence-corrected chi connectivity index (χ0v) is 25.8. The molecule has 1 aromatic carbocycles. The van der Waals surface area contributed by atoms with Crippen LogP contribution >= 0.6 is 11.3 Å². The molecule has 1 aliphatic carbocycles. The average molecular weight is 641 g/mol. The maximum absolute atomic E-state index is 14.0. The standard InChI is InChI=1S/C31H36N4O6S2.CH4/c1-21-7-9-23(10-8-21)27-17-25(30(42-27)31(37)38)35-26(22-5-3-2-4-6-22)19-34(20-29(35)36)43(39,40)24-11-12-28(32-18-24)33-13-15-41-16-14-33;/h7-12,17-18,22,26H,2-6,13-16,19-20H2,1H3,(H,37,38);1H4/t26-;/m0./s1. The summed E-state index contributed by atoms with van der Waals surface area (Å²) in [5.41, 5.74) is 2.32. The van der Waals surface area contributed by atoms with Crippen LogP contribution in [0.25, 0.3) is 10.4 Å². The minimum Gasteiger partial charge on any atom is -0.477 e. The van der Waals surface area contributed by atoms with Crippen LogP contribution in [0, 0.1) is 12.8 Å². The van der Waals surface area contributed by atoms with Crippen LogP contribution in [0.1, 0.15) is 54.8 Å². The van der Waals surface area contributed by atoms with E-state index in [2.05, 4.69) is 4.98 Å². The number of morpholine rings is 1. The molecule has 1 N–H and O–H groups in total. The van der Waals surface area contributed by atoms with Gasteiger partial charge in [0.25, 0.3) is 0 Å². The summed E-state index contributed by atoms with van der Waals surface area (Å²) in [5.74, 6) is -0.776. The Kier molecular flexibility index (Phi) is 9.74. The van der Waals surface area contributed by atoms with E-state index in [-0.39, 0.29) is 36.2 Å². The van der Waals surface area contributed by atoms with Crippen LogP contribution in [0.5, 0.6) is 0 Å². The molecule has 1 atom stereocenters. The number of hydrogen-bond acceptors (Lipinski definition) is 8. The number of aromatic carboxylic acids is 1. The number of aryl methyl sites for hydroxylation is 1. The van der Waals surface area contributed by atoms with Crippen LogP contribution < -0.4 is 9.80 Å². The van der Waals surface area contributed by atoms with E-state index < -0.39 is 27.9 Å². The van der Waals surface area contributed by atoms with Crippen molar-refractivity contribution in [3.05, 3.63) is 59.1 Å². The number of sulfonamides is 1. The summed E-state index contributed by atoms with van der Waals surface area (Å²) in [6.45, 7) is 4.27. The lowest BCUT2D eigenvalue weighted by Gasteiger charge is -2.44. The Hall–Kier alpha value is -3.32. The fraction of sp³-hybridized carbons (Fsp3) is 0.469. The number of rotatable bonds is 7. The third-order valence-corrected chi connectivity index (χ3v) is 11.6. The van der Waals surface area contributed by atoms with Crippen LogP contribution in [-0.4, -0.2) is 80.1 Å². The Morgan fingerprint density at radius 1 is 1.05 bits per heavy atom. The number of aromatic nitrogens is 1. The monoisotopic (exact) mass is 640 g/mol. The van der Waals surface area contributed by atoms with E-state index in [0.29, 0.717) is 37.8 Å². The van der Waals surface area contributed by atoms with Crippen molar-refractivity contribution in [1.82, 2.24) is 9.29 Å². The number of pyridine rings is 1. The van der Waals surface area contributed by atoms with Gasteiger partial charge in [-0.15, -0.1) is 11.3 Å². The summed E-state index contributed by atoms with van der Waals surface area (Å²) < 4.78 is 34.4. The van der Waals surface area contributed by atoms with Gasteiger partial charge in [-0.2, -0.15) is 4.31 Å². The number of piperazine rings is 1. The van der Waals surface area contributed by atoms with Gasteiger partial charge in [0.2, 0.25) is 15.9 Å². The molecule has 2 saturated heterocycles. The van der Waals surface area contributed by atoms with E-state index in [0.717, 1.165) is 59.4 Å². The van der Waals surface area contributed by atoms with E-state index in [9.17, 15) is 23.1 Å². The first-order valence-corrected chi connectivity index (χ1v) is 17.0. The molecule has 0 radical (unpaired) electrons. The Balaban J connectivity index is 0.00000384. The van der Waals surface area contributed by atoms with Crippen molar-refractivity contribution in [2.24, 2.45) is 5.92 Å². The number of carbonyl (C=O) groups excluding carboxylic acids is 1. The fourth-order valence-corrected chi connectivity index (χ4v) is 8.72. The van der Waals surface area contributed by atoms with E-state index >= 15 is 0 Å². The Labute approximate surface area is 263 Å². The van der Waals surface area contributed by atoms with E-state index in [1.807, 2.05) is 36.1 Å². The van der Waals surface area contributed by atoms with Gasteiger partial charge < -0.3 is 19.6 Å². The van der Waals surface area contributed by atoms with Crippen LogP contribution in [0.4, 0.5) is 11.5 Å². The maximum Gasteiger partial charge on any atom is 0.348 e. The first-order valence-electron chi connectivity index (χ1n) is 14.8. The summed E-state index contributed by atoms with van der Waals surface area (Å²) >= 11 is 1.14. The highest BCUT2D eigenvalue weighted by Gasteiger charge is 2.44. The molecular formula is C32H40N4O6S2. The lowest BCUT2D eigenvalue weighted by atomic mass is 9.82. The topological polar surface area (TPSA) is 120 Å². The van der Waals surface area contributed by atoms with Crippen molar-refractivity contribution in [2.45, 2.75) is 57.4 Å². The van der Waals surface area contributed by atoms with E-state index in [1.165, 1.54) is 10.5 Å². The molecular weight excluding hydrogens is 601 g/mol. The SMILES string of the molecule is C.Cc1ccc(-c2cc(N3C(=O)CN(S(=O)(=O)c4ccc(N5CCOCC5)nc4)C[C@H]3C3CCCCC3)c(C(=O)O)s2)cc1. The Bertz CT molecular complexity index is 1580. The van der Waals surface area contributed by atoms with Gasteiger partial charge in [-0.05, 0) is 49.4 Å². The molecule has 0 unspecified atom stereocenters. The van der Waals surface area contributed by atoms with E-state index in [1.54, 1.807) is 23.1 Å². The van der Waals surface area contributed by atoms with Crippen LogP contribution in [0.3, 0.4) is 0 Å². The van der Waals surface area contributed by atoms with Crippen molar-refractivity contribution >= 4 is 44.7 Å². The van der Waals surface area contributed by atoms with Gasteiger partial charge in [-0.1, -0.05) is 56.5 Å². The van der Waals surface area contributed by atoms with E-state index in [4.69, 9.17) is 4.74 Å². The number of nitrogens with zero attached hydrogens (tertiary/aromatic N) is 4. The summed E-state index contributed by atoms with van der Waals surface area (Å²) in [5, 5.41) is 10.2. The predicted molar refractivity (Wildman–Crippen MR) is 172 cm³/mol. The molecule has 3 aromatic rings. The molecule has 10 nitrogen and oxygen atoms in total. The maximum atomic E-state index is 14.0. The lowest BCUT2D eigenvalue weighted by molar-refractivity contribution is -0.121. The van der Waals surface area contributed by atoms with Gasteiger partial charge in [0.15, 0.2) is 0 Å². The summed E-state index contributed by atoms with van der Waals surface area (Å²) in [6, 6.07) is 12.4. The van der Waals surface area contributed by atoms with Gasteiger partial charge in [-0.25, -0.2) is 18.2 Å². The zero-order valence-electron chi connectivity index (χ0n) is 24.1. The Morgan fingerprint density at radius 3 is 2.39 bits per heavy atom. The second kappa shape index (κ2) is 13.4. The van der Waals surface area contributed by atoms with Gasteiger partial charge in [-0.3, -0.25) is 4.79 Å². The molecule has 3 aliphatic rings. The third kappa shape index (κ3) is 6.39. The number of amides is 1. The first kappa shape index (κ1) is 32.1. The molecule has 2 aromatic heterocycles. The van der Waals surface area contributed by atoms with Crippen LogP contribution in [-0.2, 0) is 19.6 Å². The molecule has 6 rings (SSSR count). The van der Waals surface area contributed by atoms with Crippen molar-refractivity contribution in [2.75, 3.05) is 49.2 Å². The smallest absolute Gasteiger partial charge is 0.348 e. The molecule has 3 fully saturated rings. The molecule has 2 aliphatic heterocycles. The average Bonchev–Trinajstić information content (AvgIpc) is 3.47. The first-order chi connectivity index (χ1) is 20.7. The van der Waals surface area contributed by atoms with Gasteiger partial charge in [0.05, 0.1) is 31.5 Å². The number of hydrogen-bond donors (Lipinski definition) is 1.